The Morgan fingerprint density at radius 3 is 2.52 bits per heavy atom. The van der Waals surface area contributed by atoms with Crippen LogP contribution < -0.4 is 5.32 Å². The highest BCUT2D eigenvalue weighted by molar-refractivity contribution is 5.77. The maximum atomic E-state index is 12.8. The standard InChI is InChI=1S/C18H34N2O/c1-14(2)10-12-20(16-8-4-5-9-16)18(21)13-17-15(3)7-6-11-19-17/h14-17,19H,4-13H2,1-3H3. The summed E-state index contributed by atoms with van der Waals surface area (Å²) in [4.78, 5) is 15.1. The topological polar surface area (TPSA) is 32.3 Å². The molecule has 0 aromatic carbocycles. The van der Waals surface area contributed by atoms with Gasteiger partial charge in [0.05, 0.1) is 0 Å². The Morgan fingerprint density at radius 2 is 1.90 bits per heavy atom. The Kier molecular flexibility index (Phi) is 6.53. The Morgan fingerprint density at radius 1 is 1.19 bits per heavy atom. The van der Waals surface area contributed by atoms with Crippen LogP contribution in [0.25, 0.3) is 0 Å². The van der Waals surface area contributed by atoms with Gasteiger partial charge in [0.1, 0.15) is 0 Å². The predicted molar refractivity (Wildman–Crippen MR) is 88.2 cm³/mol. The van der Waals surface area contributed by atoms with Gasteiger partial charge in [-0.15, -0.1) is 0 Å². The average molecular weight is 294 g/mol. The molecule has 2 aliphatic rings. The third-order valence-corrected chi connectivity index (χ3v) is 5.36. The lowest BCUT2D eigenvalue weighted by molar-refractivity contribution is -0.134. The van der Waals surface area contributed by atoms with Gasteiger partial charge in [0.25, 0.3) is 0 Å². The van der Waals surface area contributed by atoms with Gasteiger partial charge in [-0.2, -0.15) is 0 Å². The maximum absolute atomic E-state index is 12.8. The second-order valence-electron chi connectivity index (χ2n) is 7.59. The fourth-order valence-corrected chi connectivity index (χ4v) is 3.82. The minimum Gasteiger partial charge on any atom is -0.340 e. The van der Waals surface area contributed by atoms with Crippen LogP contribution in [0.4, 0.5) is 0 Å². The van der Waals surface area contributed by atoms with E-state index < -0.39 is 0 Å². The molecule has 21 heavy (non-hydrogen) atoms. The summed E-state index contributed by atoms with van der Waals surface area (Å²) < 4.78 is 0. The number of carbonyl (C=O) groups excluding carboxylic acids is 1. The van der Waals surface area contributed by atoms with Crippen molar-refractivity contribution in [3.8, 4) is 0 Å². The molecule has 1 N–H and O–H groups in total. The van der Waals surface area contributed by atoms with Crippen LogP contribution in [0.15, 0.2) is 0 Å². The van der Waals surface area contributed by atoms with Gasteiger partial charge >= 0.3 is 0 Å². The zero-order chi connectivity index (χ0) is 15.2. The first-order valence-corrected chi connectivity index (χ1v) is 9.10. The molecular formula is C18H34N2O. The summed E-state index contributed by atoms with van der Waals surface area (Å²) in [5.74, 6) is 1.71. The van der Waals surface area contributed by atoms with Crippen LogP contribution in [0.5, 0.6) is 0 Å². The highest BCUT2D eigenvalue weighted by Crippen LogP contribution is 2.26. The van der Waals surface area contributed by atoms with Gasteiger partial charge < -0.3 is 10.2 Å². The number of nitrogens with zero attached hydrogens (tertiary/aromatic N) is 1. The second-order valence-corrected chi connectivity index (χ2v) is 7.59. The molecule has 2 fully saturated rings. The summed E-state index contributed by atoms with van der Waals surface area (Å²) in [7, 11) is 0. The smallest absolute Gasteiger partial charge is 0.224 e. The molecule has 1 aliphatic heterocycles. The molecule has 0 radical (unpaired) electrons. The minimum atomic E-state index is 0.397. The van der Waals surface area contributed by atoms with Gasteiger partial charge in [0.15, 0.2) is 0 Å². The fourth-order valence-electron chi connectivity index (χ4n) is 3.82. The molecular weight excluding hydrogens is 260 g/mol. The zero-order valence-corrected chi connectivity index (χ0v) is 14.2. The molecule has 2 rings (SSSR count). The second kappa shape index (κ2) is 8.17. The van der Waals surface area contributed by atoms with Crippen LogP contribution in [-0.4, -0.2) is 36.0 Å². The van der Waals surface area contributed by atoms with Gasteiger partial charge in [-0.3, -0.25) is 4.79 Å². The van der Waals surface area contributed by atoms with Crippen LogP contribution in [0, 0.1) is 11.8 Å². The molecule has 1 saturated carbocycles. The van der Waals surface area contributed by atoms with Crippen molar-refractivity contribution in [3.63, 3.8) is 0 Å². The summed E-state index contributed by atoms with van der Waals surface area (Å²) in [5.41, 5.74) is 0. The van der Waals surface area contributed by atoms with Crippen LogP contribution in [-0.2, 0) is 4.79 Å². The lowest BCUT2D eigenvalue weighted by atomic mass is 9.90. The minimum absolute atomic E-state index is 0.397. The molecule has 0 spiro atoms. The summed E-state index contributed by atoms with van der Waals surface area (Å²) in [5, 5.41) is 3.56. The summed E-state index contributed by atoms with van der Waals surface area (Å²) in [6, 6.07) is 0.921. The Bertz CT molecular complexity index is 323. The number of rotatable bonds is 6. The lowest BCUT2D eigenvalue weighted by Gasteiger charge is -2.34. The van der Waals surface area contributed by atoms with E-state index in [1.54, 1.807) is 0 Å². The van der Waals surface area contributed by atoms with Crippen molar-refractivity contribution >= 4 is 5.91 Å². The maximum Gasteiger partial charge on any atom is 0.224 e. The number of amides is 1. The molecule has 1 heterocycles. The summed E-state index contributed by atoms with van der Waals surface area (Å²) in [6.45, 7) is 8.84. The van der Waals surface area contributed by atoms with E-state index in [1.165, 1.54) is 38.5 Å². The molecule has 3 nitrogen and oxygen atoms in total. The lowest BCUT2D eigenvalue weighted by Crippen LogP contribution is -2.47. The molecule has 0 aromatic rings. The molecule has 1 saturated heterocycles. The number of piperidine rings is 1. The third kappa shape index (κ3) is 4.98. The zero-order valence-electron chi connectivity index (χ0n) is 14.2. The highest BCUT2D eigenvalue weighted by atomic mass is 16.2. The first kappa shape index (κ1) is 16.8. The Balaban J connectivity index is 1.92. The van der Waals surface area contributed by atoms with Gasteiger partial charge in [-0.25, -0.2) is 0 Å². The van der Waals surface area contributed by atoms with Crippen molar-refractivity contribution < 1.29 is 4.79 Å². The van der Waals surface area contributed by atoms with E-state index in [0.717, 1.165) is 19.5 Å². The summed E-state index contributed by atoms with van der Waals surface area (Å²) in [6.07, 6.45) is 9.40. The van der Waals surface area contributed by atoms with Crippen LogP contribution >= 0.6 is 0 Å². The van der Waals surface area contributed by atoms with Crippen LogP contribution in [0.2, 0.25) is 0 Å². The fraction of sp³-hybridized carbons (Fsp3) is 0.944. The molecule has 3 heteroatoms. The monoisotopic (exact) mass is 294 g/mol. The summed E-state index contributed by atoms with van der Waals surface area (Å²) >= 11 is 0. The van der Waals surface area contributed by atoms with Crippen molar-refractivity contribution in [1.29, 1.82) is 0 Å². The van der Waals surface area contributed by atoms with E-state index in [-0.39, 0.29) is 0 Å². The first-order chi connectivity index (χ1) is 10.1. The number of hydrogen-bond donors (Lipinski definition) is 1. The quantitative estimate of drug-likeness (QED) is 0.812. The van der Waals surface area contributed by atoms with Gasteiger partial charge in [0, 0.05) is 25.0 Å². The third-order valence-electron chi connectivity index (χ3n) is 5.36. The number of nitrogens with one attached hydrogen (secondary N) is 1. The molecule has 1 amide bonds. The molecule has 122 valence electrons. The van der Waals surface area contributed by atoms with Crippen molar-refractivity contribution in [1.82, 2.24) is 10.2 Å². The molecule has 2 atom stereocenters. The predicted octanol–water partition coefficient (Wildman–Crippen LogP) is 3.58. The Hall–Kier alpha value is -0.570. The van der Waals surface area contributed by atoms with E-state index in [2.05, 4.69) is 31.0 Å². The van der Waals surface area contributed by atoms with Crippen LogP contribution in [0.1, 0.15) is 72.1 Å². The van der Waals surface area contributed by atoms with Crippen molar-refractivity contribution in [2.45, 2.75) is 84.2 Å². The number of hydrogen-bond acceptors (Lipinski definition) is 2. The molecule has 2 unspecified atom stereocenters. The van der Waals surface area contributed by atoms with Crippen molar-refractivity contribution in [2.75, 3.05) is 13.1 Å². The highest BCUT2D eigenvalue weighted by Gasteiger charge is 2.30. The first-order valence-electron chi connectivity index (χ1n) is 9.10. The number of carbonyl (C=O) groups is 1. The van der Waals surface area contributed by atoms with E-state index in [9.17, 15) is 4.79 Å². The SMILES string of the molecule is CC(C)CCN(C(=O)CC1NCCCC1C)C1CCCC1. The Labute approximate surface area is 130 Å². The van der Waals surface area contributed by atoms with E-state index in [1.807, 2.05) is 0 Å². The van der Waals surface area contributed by atoms with Gasteiger partial charge in [0.2, 0.25) is 5.91 Å². The largest absolute Gasteiger partial charge is 0.340 e. The molecule has 1 aliphatic carbocycles. The normalized spacial score (nSPS) is 27.2. The average Bonchev–Trinajstić information content (AvgIpc) is 2.95. The van der Waals surface area contributed by atoms with E-state index >= 15 is 0 Å². The van der Waals surface area contributed by atoms with Gasteiger partial charge in [-0.05, 0) is 50.5 Å². The van der Waals surface area contributed by atoms with Crippen molar-refractivity contribution in [3.05, 3.63) is 0 Å². The molecule has 0 bridgehead atoms. The van der Waals surface area contributed by atoms with E-state index in [4.69, 9.17) is 0 Å². The molecule has 0 aromatic heterocycles. The van der Waals surface area contributed by atoms with Crippen LogP contribution in [0.3, 0.4) is 0 Å². The van der Waals surface area contributed by atoms with E-state index in [0.29, 0.717) is 36.2 Å². The van der Waals surface area contributed by atoms with Crippen molar-refractivity contribution in [2.24, 2.45) is 11.8 Å². The van der Waals surface area contributed by atoms with Gasteiger partial charge in [-0.1, -0.05) is 33.6 Å².